The van der Waals surface area contributed by atoms with Crippen molar-refractivity contribution in [1.82, 2.24) is 14.9 Å². The first-order valence-electron chi connectivity index (χ1n) is 4.53. The zero-order chi connectivity index (χ0) is 10.4. The van der Waals surface area contributed by atoms with Gasteiger partial charge in [0.15, 0.2) is 0 Å². The number of carbonyl (C=O) groups is 1. The standard InChI is InChI=1S/C9H14BrN3O/c1-13-7-6-11-8(13)3-5-12-9(14)2-4-10/h6-7H,2-5H2,1H3,(H,12,14). The molecule has 0 spiro atoms. The summed E-state index contributed by atoms with van der Waals surface area (Å²) < 4.78 is 1.96. The van der Waals surface area contributed by atoms with Gasteiger partial charge in [0.25, 0.3) is 0 Å². The molecule has 1 aromatic rings. The number of aromatic nitrogens is 2. The van der Waals surface area contributed by atoms with E-state index in [0.717, 1.165) is 12.2 Å². The number of hydrogen-bond donors (Lipinski definition) is 1. The van der Waals surface area contributed by atoms with E-state index in [4.69, 9.17) is 0 Å². The van der Waals surface area contributed by atoms with Crippen LogP contribution in [0.15, 0.2) is 12.4 Å². The molecule has 1 heterocycles. The first kappa shape index (κ1) is 11.2. The minimum Gasteiger partial charge on any atom is -0.356 e. The number of aryl methyl sites for hydroxylation is 1. The molecular formula is C9H14BrN3O. The number of nitrogens with zero attached hydrogens (tertiary/aromatic N) is 2. The van der Waals surface area contributed by atoms with Crippen molar-refractivity contribution >= 4 is 21.8 Å². The molecule has 0 aliphatic heterocycles. The van der Waals surface area contributed by atoms with E-state index in [-0.39, 0.29) is 5.91 Å². The zero-order valence-electron chi connectivity index (χ0n) is 8.16. The van der Waals surface area contributed by atoms with Gasteiger partial charge in [-0.3, -0.25) is 4.79 Å². The molecule has 0 saturated heterocycles. The Morgan fingerprint density at radius 3 is 3.07 bits per heavy atom. The van der Waals surface area contributed by atoms with E-state index in [1.165, 1.54) is 0 Å². The second-order valence-electron chi connectivity index (χ2n) is 2.99. The maximum Gasteiger partial charge on any atom is 0.220 e. The Morgan fingerprint density at radius 2 is 2.50 bits per heavy atom. The SMILES string of the molecule is Cn1ccnc1CCNC(=O)CCBr. The van der Waals surface area contributed by atoms with Crippen molar-refractivity contribution in [2.45, 2.75) is 12.8 Å². The number of hydrogen-bond acceptors (Lipinski definition) is 2. The van der Waals surface area contributed by atoms with Crippen molar-refractivity contribution < 1.29 is 4.79 Å². The minimum atomic E-state index is 0.0797. The summed E-state index contributed by atoms with van der Waals surface area (Å²) >= 11 is 3.21. The van der Waals surface area contributed by atoms with E-state index < -0.39 is 0 Å². The van der Waals surface area contributed by atoms with Gasteiger partial charge in [-0.2, -0.15) is 0 Å². The van der Waals surface area contributed by atoms with Gasteiger partial charge in [-0.1, -0.05) is 15.9 Å². The fraction of sp³-hybridized carbons (Fsp3) is 0.556. The highest BCUT2D eigenvalue weighted by atomic mass is 79.9. The first-order valence-corrected chi connectivity index (χ1v) is 5.65. The molecule has 0 atom stereocenters. The van der Waals surface area contributed by atoms with Gasteiger partial charge in [0.05, 0.1) is 0 Å². The van der Waals surface area contributed by atoms with Gasteiger partial charge < -0.3 is 9.88 Å². The summed E-state index contributed by atoms with van der Waals surface area (Å²) in [5, 5.41) is 3.54. The van der Waals surface area contributed by atoms with Crippen LogP contribution in [-0.2, 0) is 18.3 Å². The Labute approximate surface area is 91.8 Å². The van der Waals surface area contributed by atoms with Crippen molar-refractivity contribution in [1.29, 1.82) is 0 Å². The Morgan fingerprint density at radius 1 is 1.71 bits per heavy atom. The highest BCUT2D eigenvalue weighted by molar-refractivity contribution is 9.09. The number of rotatable bonds is 5. The van der Waals surface area contributed by atoms with E-state index >= 15 is 0 Å². The lowest BCUT2D eigenvalue weighted by molar-refractivity contribution is -0.120. The highest BCUT2D eigenvalue weighted by Gasteiger charge is 2.01. The van der Waals surface area contributed by atoms with Gasteiger partial charge in [0, 0.05) is 44.2 Å². The minimum absolute atomic E-state index is 0.0797. The van der Waals surface area contributed by atoms with Crippen LogP contribution in [0.2, 0.25) is 0 Å². The summed E-state index contributed by atoms with van der Waals surface area (Å²) in [7, 11) is 1.95. The quantitative estimate of drug-likeness (QED) is 0.798. The Balaban J connectivity index is 2.22. The van der Waals surface area contributed by atoms with Gasteiger partial charge in [0.1, 0.15) is 5.82 Å². The van der Waals surface area contributed by atoms with Crippen LogP contribution in [0.5, 0.6) is 0 Å². The summed E-state index contributed by atoms with van der Waals surface area (Å²) in [5.74, 6) is 1.07. The van der Waals surface area contributed by atoms with Crippen LogP contribution >= 0.6 is 15.9 Å². The summed E-state index contributed by atoms with van der Waals surface area (Å²) in [6, 6.07) is 0. The third-order valence-corrected chi connectivity index (χ3v) is 2.31. The Hall–Kier alpha value is -0.840. The number of carbonyl (C=O) groups excluding carboxylic acids is 1. The van der Waals surface area contributed by atoms with Gasteiger partial charge in [-0.15, -0.1) is 0 Å². The predicted octanol–water partition coefficient (Wildman–Crippen LogP) is 0.864. The third kappa shape index (κ3) is 3.49. The summed E-state index contributed by atoms with van der Waals surface area (Å²) in [6.07, 6.45) is 4.96. The molecule has 0 radical (unpaired) electrons. The molecule has 5 heteroatoms. The van der Waals surface area contributed by atoms with Crippen LogP contribution in [-0.4, -0.2) is 27.3 Å². The molecule has 0 fully saturated rings. The van der Waals surface area contributed by atoms with Crippen molar-refractivity contribution in [3.63, 3.8) is 0 Å². The third-order valence-electron chi connectivity index (χ3n) is 1.91. The molecule has 1 aromatic heterocycles. The molecule has 0 aromatic carbocycles. The van der Waals surface area contributed by atoms with Crippen molar-refractivity contribution in [2.75, 3.05) is 11.9 Å². The molecule has 1 rings (SSSR count). The lowest BCUT2D eigenvalue weighted by atomic mass is 10.3. The zero-order valence-corrected chi connectivity index (χ0v) is 9.75. The molecule has 4 nitrogen and oxygen atoms in total. The predicted molar refractivity (Wildman–Crippen MR) is 58.3 cm³/mol. The summed E-state index contributed by atoms with van der Waals surface area (Å²) in [5.41, 5.74) is 0. The van der Waals surface area contributed by atoms with Gasteiger partial charge in [-0.25, -0.2) is 4.98 Å². The molecular weight excluding hydrogens is 246 g/mol. The molecule has 0 aliphatic rings. The molecule has 1 amide bonds. The number of nitrogens with one attached hydrogen (secondary N) is 1. The number of imidazole rings is 1. The highest BCUT2D eigenvalue weighted by Crippen LogP contribution is 1.94. The van der Waals surface area contributed by atoms with E-state index in [2.05, 4.69) is 26.2 Å². The number of alkyl halides is 1. The van der Waals surface area contributed by atoms with E-state index in [1.54, 1.807) is 6.20 Å². The van der Waals surface area contributed by atoms with Crippen molar-refractivity contribution in [3.05, 3.63) is 18.2 Å². The molecule has 0 aliphatic carbocycles. The number of amides is 1. The van der Waals surface area contributed by atoms with Crippen LogP contribution in [0.25, 0.3) is 0 Å². The van der Waals surface area contributed by atoms with Gasteiger partial charge >= 0.3 is 0 Å². The maximum atomic E-state index is 11.1. The molecule has 1 N–H and O–H groups in total. The van der Waals surface area contributed by atoms with Crippen molar-refractivity contribution in [3.8, 4) is 0 Å². The monoisotopic (exact) mass is 259 g/mol. The first-order chi connectivity index (χ1) is 6.74. The van der Waals surface area contributed by atoms with Gasteiger partial charge in [0.2, 0.25) is 5.91 Å². The Kier molecular flexibility index (Phi) is 4.65. The van der Waals surface area contributed by atoms with Crippen LogP contribution in [0.4, 0.5) is 0 Å². The summed E-state index contributed by atoms with van der Waals surface area (Å²) in [6.45, 7) is 0.649. The normalized spacial score (nSPS) is 10.1. The maximum absolute atomic E-state index is 11.1. The lowest BCUT2D eigenvalue weighted by Crippen LogP contribution is -2.26. The van der Waals surface area contributed by atoms with E-state index in [9.17, 15) is 4.79 Å². The molecule has 14 heavy (non-hydrogen) atoms. The largest absolute Gasteiger partial charge is 0.356 e. The van der Waals surface area contributed by atoms with Crippen LogP contribution in [0, 0.1) is 0 Å². The molecule has 0 unspecified atom stereocenters. The molecule has 78 valence electrons. The lowest BCUT2D eigenvalue weighted by Gasteiger charge is -2.03. The second-order valence-corrected chi connectivity index (χ2v) is 3.79. The van der Waals surface area contributed by atoms with Crippen LogP contribution in [0.1, 0.15) is 12.2 Å². The number of halogens is 1. The summed E-state index contributed by atoms with van der Waals surface area (Å²) in [4.78, 5) is 15.2. The average Bonchev–Trinajstić information content (AvgIpc) is 2.52. The fourth-order valence-electron chi connectivity index (χ4n) is 1.13. The topological polar surface area (TPSA) is 46.9 Å². The van der Waals surface area contributed by atoms with Gasteiger partial charge in [-0.05, 0) is 0 Å². The van der Waals surface area contributed by atoms with Crippen LogP contribution in [0.3, 0.4) is 0 Å². The average molecular weight is 260 g/mol. The van der Waals surface area contributed by atoms with Crippen molar-refractivity contribution in [2.24, 2.45) is 7.05 Å². The molecule has 0 saturated carbocycles. The fourth-order valence-corrected chi connectivity index (χ4v) is 1.49. The molecule has 0 bridgehead atoms. The smallest absolute Gasteiger partial charge is 0.220 e. The van der Waals surface area contributed by atoms with Crippen LogP contribution < -0.4 is 5.32 Å². The second kappa shape index (κ2) is 5.80. The van der Waals surface area contributed by atoms with E-state index in [1.807, 2.05) is 17.8 Å². The van der Waals surface area contributed by atoms with E-state index in [0.29, 0.717) is 18.3 Å². The Bertz CT molecular complexity index is 298.